The lowest BCUT2D eigenvalue weighted by molar-refractivity contribution is -0.145. The second kappa shape index (κ2) is 6.96. The minimum Gasteiger partial charge on any atom is -0.478 e. The van der Waals surface area contributed by atoms with Crippen LogP contribution in [0.25, 0.3) is 0 Å². The molecule has 2 N–H and O–H groups in total. The van der Waals surface area contributed by atoms with Gasteiger partial charge in [0.1, 0.15) is 5.75 Å². The molecule has 1 saturated heterocycles. The molecule has 3 rings (SSSR count). The van der Waals surface area contributed by atoms with Crippen LogP contribution < -0.4 is 15.4 Å². The molecule has 1 aliphatic heterocycles. The van der Waals surface area contributed by atoms with E-state index in [0.717, 1.165) is 0 Å². The summed E-state index contributed by atoms with van der Waals surface area (Å²) in [6, 6.07) is 16.2. The van der Waals surface area contributed by atoms with Crippen LogP contribution in [0, 0.1) is 5.92 Å². The maximum Gasteiger partial charge on any atom is 0.328 e. The number of imide groups is 2. The van der Waals surface area contributed by atoms with Crippen molar-refractivity contribution in [1.29, 1.82) is 0 Å². The van der Waals surface area contributed by atoms with Crippen molar-refractivity contribution in [3.63, 3.8) is 0 Å². The lowest BCUT2D eigenvalue weighted by Crippen LogP contribution is -2.58. The first-order valence-electron chi connectivity index (χ1n) is 7.52. The Balaban J connectivity index is 1.93. The number of hydrogen-bond donors (Lipinski definition) is 2. The molecule has 0 aromatic heterocycles. The molecule has 0 saturated carbocycles. The summed E-state index contributed by atoms with van der Waals surface area (Å²) in [5.41, 5.74) is 0.494. The number of amides is 4. The van der Waals surface area contributed by atoms with Crippen molar-refractivity contribution in [1.82, 2.24) is 10.6 Å². The van der Waals surface area contributed by atoms with Crippen molar-refractivity contribution in [2.24, 2.45) is 5.92 Å². The topological polar surface area (TPSA) is 102 Å². The highest BCUT2D eigenvalue weighted by Crippen LogP contribution is 2.26. The molecular formula is C18H14N2O5. The number of carbonyl (C=O) groups is 4. The average Bonchev–Trinajstić information content (AvgIpc) is 2.60. The van der Waals surface area contributed by atoms with E-state index in [0.29, 0.717) is 11.3 Å². The molecule has 1 aliphatic rings. The Morgan fingerprint density at radius 3 is 1.92 bits per heavy atom. The lowest BCUT2D eigenvalue weighted by Gasteiger charge is -2.25. The van der Waals surface area contributed by atoms with Gasteiger partial charge in [-0.05, 0) is 17.7 Å². The summed E-state index contributed by atoms with van der Waals surface area (Å²) in [5.74, 6) is -3.92. The molecule has 0 unspecified atom stereocenters. The second-order valence-corrected chi connectivity index (χ2v) is 5.36. The van der Waals surface area contributed by atoms with Crippen molar-refractivity contribution in [3.05, 3.63) is 66.2 Å². The molecule has 1 heterocycles. The van der Waals surface area contributed by atoms with Crippen LogP contribution in [0.15, 0.2) is 60.7 Å². The molecule has 1 atom stereocenters. The summed E-state index contributed by atoms with van der Waals surface area (Å²) in [6.07, 6.45) is -1.17. The SMILES string of the molecule is O=C1NC(=O)C(C(=O)[C@H](Oc2ccccc2)c2ccccc2)C(=O)N1. The normalized spacial score (nSPS) is 15.9. The van der Waals surface area contributed by atoms with Crippen LogP contribution in [0.3, 0.4) is 0 Å². The number of urea groups is 1. The van der Waals surface area contributed by atoms with Gasteiger partial charge in [-0.3, -0.25) is 25.0 Å². The first-order chi connectivity index (χ1) is 12.1. The van der Waals surface area contributed by atoms with E-state index in [1.165, 1.54) is 0 Å². The van der Waals surface area contributed by atoms with Crippen LogP contribution in [-0.2, 0) is 14.4 Å². The summed E-state index contributed by atoms with van der Waals surface area (Å²) in [6.45, 7) is 0. The number of Topliss-reactive ketones (excluding diaryl/α,β-unsaturated/α-hetero) is 1. The van der Waals surface area contributed by atoms with Gasteiger partial charge in [-0.15, -0.1) is 0 Å². The van der Waals surface area contributed by atoms with E-state index in [1.54, 1.807) is 60.7 Å². The third kappa shape index (κ3) is 3.55. The van der Waals surface area contributed by atoms with E-state index in [-0.39, 0.29) is 0 Å². The predicted molar refractivity (Wildman–Crippen MR) is 86.4 cm³/mol. The summed E-state index contributed by atoms with van der Waals surface area (Å²) in [4.78, 5) is 48.0. The van der Waals surface area contributed by atoms with Crippen molar-refractivity contribution in [2.45, 2.75) is 6.10 Å². The number of hydrogen-bond acceptors (Lipinski definition) is 5. The van der Waals surface area contributed by atoms with Crippen LogP contribution in [0.5, 0.6) is 5.75 Å². The Labute approximate surface area is 143 Å². The molecule has 1 fully saturated rings. The molecule has 2 aromatic rings. The van der Waals surface area contributed by atoms with Gasteiger partial charge in [0, 0.05) is 0 Å². The fraction of sp³-hybridized carbons (Fsp3) is 0.111. The van der Waals surface area contributed by atoms with Gasteiger partial charge in [0.15, 0.2) is 17.8 Å². The van der Waals surface area contributed by atoms with Crippen molar-refractivity contribution < 1.29 is 23.9 Å². The molecule has 25 heavy (non-hydrogen) atoms. The minimum absolute atomic E-state index is 0.414. The average molecular weight is 338 g/mol. The summed E-state index contributed by atoms with van der Waals surface area (Å²) >= 11 is 0. The van der Waals surface area contributed by atoms with E-state index in [4.69, 9.17) is 4.74 Å². The molecular weight excluding hydrogens is 324 g/mol. The van der Waals surface area contributed by atoms with E-state index in [2.05, 4.69) is 0 Å². The van der Waals surface area contributed by atoms with E-state index >= 15 is 0 Å². The van der Waals surface area contributed by atoms with Crippen molar-refractivity contribution >= 4 is 23.6 Å². The fourth-order valence-electron chi connectivity index (χ4n) is 2.48. The first kappa shape index (κ1) is 16.4. The number of para-hydroxylation sites is 1. The van der Waals surface area contributed by atoms with Gasteiger partial charge < -0.3 is 4.74 Å². The van der Waals surface area contributed by atoms with Gasteiger partial charge in [-0.2, -0.15) is 0 Å². The molecule has 0 radical (unpaired) electrons. The monoisotopic (exact) mass is 338 g/mol. The highest BCUT2D eigenvalue weighted by molar-refractivity contribution is 6.27. The van der Waals surface area contributed by atoms with Crippen LogP contribution in [0.4, 0.5) is 4.79 Å². The van der Waals surface area contributed by atoms with Crippen molar-refractivity contribution in [3.8, 4) is 5.75 Å². The Morgan fingerprint density at radius 2 is 1.36 bits per heavy atom. The minimum atomic E-state index is -1.66. The molecule has 4 amide bonds. The summed E-state index contributed by atoms with van der Waals surface area (Å²) in [5, 5.41) is 3.85. The zero-order valence-corrected chi connectivity index (χ0v) is 13.0. The number of rotatable bonds is 5. The predicted octanol–water partition coefficient (Wildman–Crippen LogP) is 1.36. The lowest BCUT2D eigenvalue weighted by atomic mass is 9.92. The Hall–Kier alpha value is -3.48. The van der Waals surface area contributed by atoms with E-state index in [9.17, 15) is 19.2 Å². The maximum atomic E-state index is 12.9. The standard InChI is InChI=1S/C18H14N2O5/c21-14(13-16(22)19-18(24)20-17(13)23)15(11-7-3-1-4-8-11)25-12-9-5-2-6-10-12/h1-10,13,15H,(H2,19,20,22,23,24)/t15-/m1/s1. The smallest absolute Gasteiger partial charge is 0.328 e. The van der Waals surface area contributed by atoms with Crippen molar-refractivity contribution in [2.75, 3.05) is 0 Å². The zero-order chi connectivity index (χ0) is 17.8. The quantitative estimate of drug-likeness (QED) is 0.802. The molecule has 7 nitrogen and oxygen atoms in total. The number of barbiturate groups is 1. The van der Waals surface area contributed by atoms with Gasteiger partial charge in [0.05, 0.1) is 0 Å². The highest BCUT2D eigenvalue weighted by atomic mass is 16.5. The van der Waals surface area contributed by atoms with E-state index < -0.39 is 35.7 Å². The first-order valence-corrected chi connectivity index (χ1v) is 7.52. The van der Waals surface area contributed by atoms with E-state index in [1.807, 2.05) is 10.6 Å². The third-order valence-corrected chi connectivity index (χ3v) is 3.64. The fourth-order valence-corrected chi connectivity index (χ4v) is 2.48. The number of ketones is 1. The highest BCUT2D eigenvalue weighted by Gasteiger charge is 2.44. The van der Waals surface area contributed by atoms with Crippen LogP contribution in [0.2, 0.25) is 0 Å². The molecule has 126 valence electrons. The molecule has 0 aliphatic carbocycles. The zero-order valence-electron chi connectivity index (χ0n) is 13.0. The Bertz CT molecular complexity index is 800. The Kier molecular flexibility index (Phi) is 4.56. The number of benzene rings is 2. The van der Waals surface area contributed by atoms with Gasteiger partial charge in [-0.25, -0.2) is 4.79 Å². The van der Waals surface area contributed by atoms with Crippen LogP contribution in [-0.4, -0.2) is 23.6 Å². The number of nitrogens with one attached hydrogen (secondary N) is 2. The van der Waals surface area contributed by atoms with Gasteiger partial charge in [0.25, 0.3) is 0 Å². The van der Waals surface area contributed by atoms with Gasteiger partial charge in [0.2, 0.25) is 11.8 Å². The van der Waals surface area contributed by atoms with Gasteiger partial charge in [-0.1, -0.05) is 48.5 Å². The molecule has 7 heteroatoms. The summed E-state index contributed by atoms with van der Waals surface area (Å²) in [7, 11) is 0. The molecule has 0 spiro atoms. The van der Waals surface area contributed by atoms with Gasteiger partial charge >= 0.3 is 6.03 Å². The molecule has 0 bridgehead atoms. The number of ether oxygens (including phenoxy) is 1. The van der Waals surface area contributed by atoms with Crippen LogP contribution >= 0.6 is 0 Å². The maximum absolute atomic E-state index is 12.9. The summed E-state index contributed by atoms with van der Waals surface area (Å²) < 4.78 is 5.74. The molecule has 2 aromatic carbocycles. The van der Waals surface area contributed by atoms with Crippen LogP contribution in [0.1, 0.15) is 11.7 Å². The Morgan fingerprint density at radius 1 is 0.840 bits per heavy atom. The third-order valence-electron chi connectivity index (χ3n) is 3.64. The second-order valence-electron chi connectivity index (χ2n) is 5.36. The largest absolute Gasteiger partial charge is 0.478 e. The number of carbonyl (C=O) groups excluding carboxylic acids is 4.